The second-order valence-electron chi connectivity index (χ2n) is 9.54. The van der Waals surface area contributed by atoms with Gasteiger partial charge in [0.2, 0.25) is 5.91 Å². The molecular weight excluding hydrogens is 452 g/mol. The first-order valence-corrected chi connectivity index (χ1v) is 12.0. The molecule has 3 N–H and O–H groups in total. The Kier molecular flexibility index (Phi) is 4.52. The molecule has 2 aliphatic rings. The molecule has 36 heavy (non-hydrogen) atoms. The van der Waals surface area contributed by atoms with Crippen molar-refractivity contribution in [1.29, 1.82) is 0 Å². The van der Waals surface area contributed by atoms with Crippen molar-refractivity contribution in [2.24, 2.45) is 0 Å². The van der Waals surface area contributed by atoms with Gasteiger partial charge in [-0.25, -0.2) is 9.97 Å². The minimum atomic E-state index is -0.586. The predicted octanol–water partition coefficient (Wildman–Crippen LogP) is 3.14. The zero-order valence-corrected chi connectivity index (χ0v) is 19.3. The molecule has 1 aliphatic heterocycles. The molecule has 0 radical (unpaired) electrons. The van der Waals surface area contributed by atoms with E-state index in [9.17, 15) is 9.59 Å². The Balaban J connectivity index is 1.12. The maximum absolute atomic E-state index is 13.0. The van der Waals surface area contributed by atoms with Crippen LogP contribution in [0.25, 0.3) is 21.8 Å². The molecule has 0 saturated carbocycles. The highest BCUT2D eigenvalue weighted by Crippen LogP contribution is 2.47. The zero-order valence-electron chi connectivity index (χ0n) is 19.3. The number of aromatic nitrogens is 4. The van der Waals surface area contributed by atoms with Gasteiger partial charge in [-0.15, -0.1) is 0 Å². The number of fused-ring (bicyclic) bond motifs is 5. The number of nitrogens with zero attached hydrogens (tertiary/aromatic N) is 3. The van der Waals surface area contributed by atoms with E-state index in [4.69, 9.17) is 4.98 Å². The Morgan fingerprint density at radius 1 is 0.889 bits per heavy atom. The van der Waals surface area contributed by atoms with Gasteiger partial charge in [-0.3, -0.25) is 14.6 Å². The summed E-state index contributed by atoms with van der Waals surface area (Å²) in [5.74, 6) is 1.29. The number of nitrogens with one attached hydrogen (secondary N) is 3. The molecule has 0 fully saturated rings. The molecule has 1 unspecified atom stereocenters. The first kappa shape index (κ1) is 20.9. The van der Waals surface area contributed by atoms with E-state index in [0.717, 1.165) is 27.7 Å². The lowest BCUT2D eigenvalue weighted by Gasteiger charge is -2.20. The van der Waals surface area contributed by atoms with Gasteiger partial charge >= 0.3 is 0 Å². The third kappa shape index (κ3) is 3.22. The van der Waals surface area contributed by atoms with Crippen LogP contribution >= 0.6 is 0 Å². The summed E-state index contributed by atoms with van der Waals surface area (Å²) in [5.41, 5.74) is 5.09. The number of benzene rings is 2. The molecule has 0 bridgehead atoms. The summed E-state index contributed by atoms with van der Waals surface area (Å²) in [6.07, 6.45) is 3.03. The highest BCUT2D eigenvalue weighted by atomic mass is 16.2. The molecule has 1 amide bonds. The number of H-pyrrole nitrogens is 1. The maximum Gasteiger partial charge on any atom is 0.258 e. The number of carbonyl (C=O) groups is 1. The van der Waals surface area contributed by atoms with Crippen molar-refractivity contribution in [1.82, 2.24) is 25.3 Å². The van der Waals surface area contributed by atoms with E-state index >= 15 is 0 Å². The van der Waals surface area contributed by atoms with Crippen LogP contribution in [0.1, 0.15) is 28.2 Å². The van der Waals surface area contributed by atoms with Gasteiger partial charge in [0.1, 0.15) is 11.6 Å². The molecule has 5 aromatic rings. The van der Waals surface area contributed by atoms with Crippen molar-refractivity contribution in [3.8, 4) is 0 Å². The lowest BCUT2D eigenvalue weighted by Crippen LogP contribution is -2.35. The normalized spacial score (nSPS) is 18.1. The number of carbonyl (C=O) groups excluding carboxylic acids is 1. The number of anilines is 1. The van der Waals surface area contributed by atoms with E-state index in [0.29, 0.717) is 48.5 Å². The van der Waals surface area contributed by atoms with Crippen LogP contribution in [0.3, 0.4) is 0 Å². The van der Waals surface area contributed by atoms with Gasteiger partial charge in [0.25, 0.3) is 5.56 Å². The monoisotopic (exact) mass is 474 g/mol. The summed E-state index contributed by atoms with van der Waals surface area (Å²) in [7, 11) is 0. The van der Waals surface area contributed by atoms with Gasteiger partial charge < -0.3 is 15.6 Å². The summed E-state index contributed by atoms with van der Waals surface area (Å²) in [6, 6.07) is 19.6. The molecule has 1 spiro atoms. The van der Waals surface area contributed by atoms with Crippen molar-refractivity contribution < 1.29 is 4.79 Å². The fraction of sp³-hybridized carbons (Fsp3) is 0.179. The van der Waals surface area contributed by atoms with E-state index in [2.05, 4.69) is 43.8 Å². The molecule has 0 saturated heterocycles. The Labute approximate surface area is 205 Å². The Bertz CT molecular complexity index is 1760. The van der Waals surface area contributed by atoms with Crippen LogP contribution in [0.2, 0.25) is 0 Å². The highest BCUT2D eigenvalue weighted by molar-refractivity contribution is 6.06. The van der Waals surface area contributed by atoms with Gasteiger partial charge in [0, 0.05) is 23.7 Å². The van der Waals surface area contributed by atoms with E-state index in [1.807, 2.05) is 36.4 Å². The van der Waals surface area contributed by atoms with E-state index in [-0.39, 0.29) is 11.5 Å². The minimum absolute atomic E-state index is 0.0228. The molecule has 3 aromatic heterocycles. The number of rotatable bonds is 4. The fourth-order valence-electron chi connectivity index (χ4n) is 5.56. The lowest BCUT2D eigenvalue weighted by atomic mass is 9.79. The Morgan fingerprint density at radius 3 is 2.67 bits per heavy atom. The third-order valence-electron chi connectivity index (χ3n) is 7.30. The first-order valence-electron chi connectivity index (χ1n) is 12.0. The Morgan fingerprint density at radius 2 is 1.75 bits per heavy atom. The average molecular weight is 475 g/mol. The molecule has 2 aromatic carbocycles. The minimum Gasteiger partial charge on any atom is -0.310 e. The van der Waals surface area contributed by atoms with Gasteiger partial charge in [0.05, 0.1) is 34.1 Å². The molecule has 1 aliphatic carbocycles. The van der Waals surface area contributed by atoms with E-state index in [1.165, 1.54) is 5.56 Å². The van der Waals surface area contributed by atoms with Crippen LogP contribution < -0.4 is 16.2 Å². The largest absolute Gasteiger partial charge is 0.310 e. The van der Waals surface area contributed by atoms with Crippen LogP contribution in [-0.4, -0.2) is 25.8 Å². The number of hydrogen-bond donors (Lipinski definition) is 3. The van der Waals surface area contributed by atoms with Gasteiger partial charge in [-0.2, -0.15) is 0 Å². The highest BCUT2D eigenvalue weighted by Gasteiger charge is 2.51. The summed E-state index contributed by atoms with van der Waals surface area (Å²) in [6.45, 7) is 0.962. The van der Waals surface area contributed by atoms with Gasteiger partial charge in [0.15, 0.2) is 0 Å². The SMILES string of the molecule is O=C1Nc2ncccc2C12Cc1cc3ccc(CNCc4nc5ccccc5c(=O)[nH]4)nc3cc1C2. The van der Waals surface area contributed by atoms with Crippen molar-refractivity contribution in [2.45, 2.75) is 31.3 Å². The molecular formula is C28H22N6O2. The fourth-order valence-corrected chi connectivity index (χ4v) is 5.56. The van der Waals surface area contributed by atoms with Crippen molar-refractivity contribution in [3.05, 3.63) is 105 Å². The summed E-state index contributed by atoms with van der Waals surface area (Å²) >= 11 is 0. The van der Waals surface area contributed by atoms with Crippen molar-refractivity contribution in [2.75, 3.05) is 5.32 Å². The molecule has 176 valence electrons. The van der Waals surface area contributed by atoms with Crippen LogP contribution in [-0.2, 0) is 36.1 Å². The summed E-state index contributed by atoms with van der Waals surface area (Å²) < 4.78 is 0. The number of pyridine rings is 2. The van der Waals surface area contributed by atoms with Gasteiger partial charge in [-0.1, -0.05) is 24.3 Å². The van der Waals surface area contributed by atoms with E-state index in [1.54, 1.807) is 12.3 Å². The smallest absolute Gasteiger partial charge is 0.258 e. The number of hydrogen-bond acceptors (Lipinski definition) is 6. The average Bonchev–Trinajstić information content (AvgIpc) is 3.39. The third-order valence-corrected chi connectivity index (χ3v) is 7.30. The van der Waals surface area contributed by atoms with Crippen LogP contribution in [0.15, 0.2) is 71.7 Å². The molecule has 8 nitrogen and oxygen atoms in total. The van der Waals surface area contributed by atoms with Gasteiger partial charge in [-0.05, 0) is 60.4 Å². The van der Waals surface area contributed by atoms with E-state index < -0.39 is 5.41 Å². The standard InChI is InChI=1S/C28H22N6O2/c35-26-20-4-1-2-6-22(20)32-24(33-26)15-29-14-19-8-7-16-10-17-12-28(13-18(17)11-23(16)31-19)21-5-3-9-30-25(21)34-27(28)36/h1-11,29H,12-15H2,(H,30,34,36)(H,32,33,35). The zero-order chi connectivity index (χ0) is 24.3. The topological polar surface area (TPSA) is 113 Å². The maximum atomic E-state index is 13.0. The van der Waals surface area contributed by atoms with Crippen molar-refractivity contribution >= 4 is 33.5 Å². The lowest BCUT2D eigenvalue weighted by molar-refractivity contribution is -0.120. The summed E-state index contributed by atoms with van der Waals surface area (Å²) in [5, 5.41) is 7.93. The first-order chi connectivity index (χ1) is 17.6. The molecule has 1 atom stereocenters. The number of amides is 1. The van der Waals surface area contributed by atoms with Crippen molar-refractivity contribution in [3.63, 3.8) is 0 Å². The molecule has 4 heterocycles. The van der Waals surface area contributed by atoms with Crippen LogP contribution in [0.4, 0.5) is 5.82 Å². The second kappa shape index (κ2) is 7.79. The summed E-state index contributed by atoms with van der Waals surface area (Å²) in [4.78, 5) is 41.9. The quantitative estimate of drug-likeness (QED) is 0.369. The number of para-hydroxylation sites is 1. The number of aromatic amines is 1. The Hall–Kier alpha value is -4.43. The van der Waals surface area contributed by atoms with Crippen LogP contribution in [0.5, 0.6) is 0 Å². The molecule has 7 rings (SSSR count). The second-order valence-corrected chi connectivity index (χ2v) is 9.54. The predicted molar refractivity (Wildman–Crippen MR) is 137 cm³/mol. The molecule has 8 heteroatoms. The van der Waals surface area contributed by atoms with Crippen LogP contribution in [0, 0.1) is 0 Å².